The molecule has 134 valence electrons. The van der Waals surface area contributed by atoms with Crippen molar-refractivity contribution < 1.29 is 4.79 Å². The van der Waals surface area contributed by atoms with E-state index < -0.39 is 0 Å². The third-order valence-electron chi connectivity index (χ3n) is 4.82. The van der Waals surface area contributed by atoms with Gasteiger partial charge in [-0.15, -0.1) is 0 Å². The molecule has 1 amide bonds. The van der Waals surface area contributed by atoms with E-state index >= 15 is 0 Å². The van der Waals surface area contributed by atoms with E-state index in [0.717, 1.165) is 45.6 Å². The molecule has 0 aliphatic carbocycles. The van der Waals surface area contributed by atoms with Crippen LogP contribution in [0.1, 0.15) is 32.3 Å². The van der Waals surface area contributed by atoms with Gasteiger partial charge in [0.1, 0.15) is 0 Å². The van der Waals surface area contributed by atoms with Gasteiger partial charge in [-0.25, -0.2) is 0 Å². The van der Waals surface area contributed by atoms with Crippen molar-refractivity contribution in [2.75, 3.05) is 39.8 Å². The van der Waals surface area contributed by atoms with Gasteiger partial charge >= 0.3 is 0 Å². The molecule has 1 N–H and O–H groups in total. The fourth-order valence-electron chi connectivity index (χ4n) is 3.32. The summed E-state index contributed by atoms with van der Waals surface area (Å²) in [5, 5.41) is 3.17. The first kappa shape index (κ1) is 18.9. The lowest BCUT2D eigenvalue weighted by molar-refractivity contribution is -0.121. The van der Waals surface area contributed by atoms with Gasteiger partial charge in [0.2, 0.25) is 5.91 Å². The molecule has 1 aromatic rings. The van der Waals surface area contributed by atoms with Gasteiger partial charge in [0.25, 0.3) is 0 Å². The SMILES string of the molecule is CC(C)CC(CNC(=O)CCc1ccccc1)N1CCN(C)CC1. The standard InChI is InChI=1S/C20H33N3O/c1-17(2)15-19(23-13-11-22(3)12-14-23)16-21-20(24)10-9-18-7-5-4-6-8-18/h4-8,17,19H,9-16H2,1-3H3,(H,21,24). The van der Waals surface area contributed by atoms with Gasteiger partial charge in [-0.1, -0.05) is 44.2 Å². The predicted molar refractivity (Wildman–Crippen MR) is 100 cm³/mol. The Balaban J connectivity index is 1.77. The van der Waals surface area contributed by atoms with Crippen LogP contribution in [0.25, 0.3) is 0 Å². The third-order valence-corrected chi connectivity index (χ3v) is 4.82. The number of benzene rings is 1. The molecule has 1 saturated heterocycles. The zero-order valence-electron chi connectivity index (χ0n) is 15.5. The summed E-state index contributed by atoms with van der Waals surface area (Å²) in [6.45, 7) is 9.75. The number of nitrogens with zero attached hydrogens (tertiary/aromatic N) is 2. The Morgan fingerprint density at radius 1 is 1.12 bits per heavy atom. The number of nitrogens with one attached hydrogen (secondary N) is 1. The number of rotatable bonds is 8. The summed E-state index contributed by atoms with van der Waals surface area (Å²) in [4.78, 5) is 17.1. The Bertz CT molecular complexity index is 481. The summed E-state index contributed by atoms with van der Waals surface area (Å²) in [5.74, 6) is 0.817. The minimum Gasteiger partial charge on any atom is -0.355 e. The van der Waals surface area contributed by atoms with Crippen LogP contribution in [0.15, 0.2) is 30.3 Å². The van der Waals surface area contributed by atoms with Crippen LogP contribution in [0.2, 0.25) is 0 Å². The number of aryl methyl sites for hydroxylation is 1. The number of carbonyl (C=O) groups excluding carboxylic acids is 1. The second-order valence-electron chi connectivity index (χ2n) is 7.41. The van der Waals surface area contributed by atoms with Gasteiger partial charge in [-0.3, -0.25) is 9.69 Å². The Labute approximate surface area is 147 Å². The quantitative estimate of drug-likeness (QED) is 0.794. The van der Waals surface area contributed by atoms with Gasteiger partial charge in [0.05, 0.1) is 0 Å². The van der Waals surface area contributed by atoms with Crippen LogP contribution in [0.5, 0.6) is 0 Å². The maximum Gasteiger partial charge on any atom is 0.220 e. The fraction of sp³-hybridized carbons (Fsp3) is 0.650. The van der Waals surface area contributed by atoms with E-state index in [1.54, 1.807) is 0 Å². The molecule has 1 unspecified atom stereocenters. The van der Waals surface area contributed by atoms with Crippen LogP contribution in [-0.2, 0) is 11.2 Å². The van der Waals surface area contributed by atoms with Gasteiger partial charge in [0.15, 0.2) is 0 Å². The lowest BCUT2D eigenvalue weighted by atomic mass is 10.0. The van der Waals surface area contributed by atoms with Crippen LogP contribution >= 0.6 is 0 Å². The molecule has 0 spiro atoms. The Hall–Kier alpha value is -1.39. The molecule has 0 aromatic heterocycles. The predicted octanol–water partition coefficient (Wildman–Crippen LogP) is 2.40. The maximum absolute atomic E-state index is 12.2. The van der Waals surface area contributed by atoms with Crippen LogP contribution in [0.4, 0.5) is 0 Å². The zero-order valence-corrected chi connectivity index (χ0v) is 15.5. The molecule has 0 bridgehead atoms. The topological polar surface area (TPSA) is 35.6 Å². The van der Waals surface area contributed by atoms with Crippen LogP contribution in [0, 0.1) is 5.92 Å². The highest BCUT2D eigenvalue weighted by molar-refractivity contribution is 5.76. The Morgan fingerprint density at radius 2 is 1.79 bits per heavy atom. The first-order chi connectivity index (χ1) is 11.5. The molecule has 0 saturated carbocycles. The Morgan fingerprint density at radius 3 is 2.42 bits per heavy atom. The van der Waals surface area contributed by atoms with Gasteiger partial charge < -0.3 is 10.2 Å². The smallest absolute Gasteiger partial charge is 0.220 e. The lowest BCUT2D eigenvalue weighted by Crippen LogP contribution is -2.52. The fourth-order valence-corrected chi connectivity index (χ4v) is 3.32. The monoisotopic (exact) mass is 331 g/mol. The van der Waals surface area contributed by atoms with Crippen molar-refractivity contribution in [3.05, 3.63) is 35.9 Å². The van der Waals surface area contributed by atoms with Gasteiger partial charge in [-0.2, -0.15) is 0 Å². The van der Waals surface area contributed by atoms with Crippen molar-refractivity contribution in [1.82, 2.24) is 15.1 Å². The molecule has 1 heterocycles. The molecule has 24 heavy (non-hydrogen) atoms. The first-order valence-electron chi connectivity index (χ1n) is 9.28. The van der Waals surface area contributed by atoms with Crippen molar-refractivity contribution in [3.8, 4) is 0 Å². The van der Waals surface area contributed by atoms with E-state index in [4.69, 9.17) is 0 Å². The highest BCUT2D eigenvalue weighted by atomic mass is 16.1. The van der Waals surface area contributed by atoms with Gasteiger partial charge in [-0.05, 0) is 31.4 Å². The molecule has 1 aromatic carbocycles. The number of carbonyl (C=O) groups is 1. The van der Waals surface area contributed by atoms with Crippen molar-refractivity contribution in [1.29, 1.82) is 0 Å². The summed E-state index contributed by atoms with van der Waals surface area (Å²) in [5.41, 5.74) is 1.23. The molecule has 0 radical (unpaired) electrons. The minimum atomic E-state index is 0.168. The Kier molecular flexibility index (Phi) is 7.73. The summed E-state index contributed by atoms with van der Waals surface area (Å²) >= 11 is 0. The largest absolute Gasteiger partial charge is 0.355 e. The first-order valence-corrected chi connectivity index (χ1v) is 9.28. The molecule has 2 rings (SSSR count). The highest BCUT2D eigenvalue weighted by Crippen LogP contribution is 2.13. The second-order valence-corrected chi connectivity index (χ2v) is 7.41. The zero-order chi connectivity index (χ0) is 17.4. The number of amides is 1. The molecule has 4 heteroatoms. The molecular formula is C20H33N3O. The van der Waals surface area contributed by atoms with Crippen molar-refractivity contribution >= 4 is 5.91 Å². The average molecular weight is 332 g/mol. The van der Waals surface area contributed by atoms with Crippen LogP contribution in [0.3, 0.4) is 0 Å². The van der Waals surface area contributed by atoms with E-state index in [1.807, 2.05) is 18.2 Å². The molecule has 1 fully saturated rings. The molecule has 1 aliphatic heterocycles. The number of likely N-dealkylation sites (N-methyl/N-ethyl adjacent to an activating group) is 1. The van der Waals surface area contributed by atoms with E-state index in [9.17, 15) is 4.79 Å². The highest BCUT2D eigenvalue weighted by Gasteiger charge is 2.23. The number of hydrogen-bond donors (Lipinski definition) is 1. The lowest BCUT2D eigenvalue weighted by Gasteiger charge is -2.38. The number of piperazine rings is 1. The summed E-state index contributed by atoms with van der Waals surface area (Å²) < 4.78 is 0. The van der Waals surface area contributed by atoms with E-state index in [-0.39, 0.29) is 5.91 Å². The van der Waals surface area contributed by atoms with Crippen molar-refractivity contribution in [3.63, 3.8) is 0 Å². The average Bonchev–Trinajstić information content (AvgIpc) is 2.58. The van der Waals surface area contributed by atoms with Crippen LogP contribution < -0.4 is 5.32 Å². The van der Waals surface area contributed by atoms with Crippen molar-refractivity contribution in [2.45, 2.75) is 39.2 Å². The second kappa shape index (κ2) is 9.80. The third kappa shape index (κ3) is 6.62. The van der Waals surface area contributed by atoms with E-state index in [2.05, 4.69) is 48.1 Å². The minimum absolute atomic E-state index is 0.168. The van der Waals surface area contributed by atoms with Crippen LogP contribution in [-0.4, -0.2) is 61.5 Å². The summed E-state index contributed by atoms with van der Waals surface area (Å²) in [7, 11) is 2.18. The normalized spacial score (nSPS) is 17.8. The maximum atomic E-state index is 12.2. The number of hydrogen-bond acceptors (Lipinski definition) is 3. The van der Waals surface area contributed by atoms with Crippen molar-refractivity contribution in [2.24, 2.45) is 5.92 Å². The summed E-state index contributed by atoms with van der Waals surface area (Å²) in [6, 6.07) is 10.7. The van der Waals surface area contributed by atoms with E-state index in [0.29, 0.717) is 18.4 Å². The molecule has 4 nitrogen and oxygen atoms in total. The summed E-state index contributed by atoms with van der Waals surface area (Å²) in [6.07, 6.45) is 2.53. The molecule has 1 aliphatic rings. The molecular weight excluding hydrogens is 298 g/mol. The molecule has 1 atom stereocenters. The van der Waals surface area contributed by atoms with Gasteiger partial charge in [0, 0.05) is 45.2 Å². The van der Waals surface area contributed by atoms with E-state index in [1.165, 1.54) is 5.56 Å².